The zero-order valence-corrected chi connectivity index (χ0v) is 19.5. The predicted octanol–water partition coefficient (Wildman–Crippen LogP) is 3.96. The Balaban J connectivity index is 0.00000364. The summed E-state index contributed by atoms with van der Waals surface area (Å²) in [5.41, 5.74) is 1.57. The summed E-state index contributed by atoms with van der Waals surface area (Å²) >= 11 is 0. The molecule has 1 amide bonds. The summed E-state index contributed by atoms with van der Waals surface area (Å²) in [6, 6.07) is 10.4. The minimum Gasteiger partial charge on any atom is -0.356 e. The fourth-order valence-electron chi connectivity index (χ4n) is 3.52. The van der Waals surface area contributed by atoms with Crippen LogP contribution in [0.4, 0.5) is 0 Å². The predicted molar refractivity (Wildman–Crippen MR) is 124 cm³/mol. The maximum atomic E-state index is 11.9. The Kier molecular flexibility index (Phi) is 10.1. The highest BCUT2D eigenvalue weighted by atomic mass is 127. The maximum absolute atomic E-state index is 11.9. The molecule has 1 aliphatic rings. The number of hydrogen-bond acceptors (Lipinski definition) is 2. The minimum absolute atomic E-state index is 0. The first-order valence-electron chi connectivity index (χ1n) is 9.76. The van der Waals surface area contributed by atoms with Crippen LogP contribution in [0.1, 0.15) is 57.6 Å². The lowest BCUT2D eigenvalue weighted by molar-refractivity contribution is -0.127. The molecule has 0 spiro atoms. The summed E-state index contributed by atoms with van der Waals surface area (Å²) in [4.78, 5) is 18.1. The normalized spacial score (nSPS) is 17.0. The van der Waals surface area contributed by atoms with E-state index in [0.717, 1.165) is 12.5 Å². The van der Waals surface area contributed by atoms with Crippen LogP contribution in [0, 0.1) is 5.41 Å². The van der Waals surface area contributed by atoms with Crippen molar-refractivity contribution >= 4 is 35.8 Å². The van der Waals surface area contributed by atoms with Gasteiger partial charge >= 0.3 is 0 Å². The van der Waals surface area contributed by atoms with Gasteiger partial charge in [0, 0.05) is 20.6 Å². The largest absolute Gasteiger partial charge is 0.356 e. The lowest BCUT2D eigenvalue weighted by atomic mass is 9.83. The second-order valence-corrected chi connectivity index (χ2v) is 7.64. The second-order valence-electron chi connectivity index (χ2n) is 7.64. The third-order valence-corrected chi connectivity index (χ3v) is 5.57. The van der Waals surface area contributed by atoms with Crippen molar-refractivity contribution < 1.29 is 4.79 Å². The van der Waals surface area contributed by atoms with Gasteiger partial charge in [-0.25, -0.2) is 4.99 Å². The molecule has 1 aromatic rings. The van der Waals surface area contributed by atoms with Crippen molar-refractivity contribution in [2.75, 3.05) is 27.2 Å². The van der Waals surface area contributed by atoms with E-state index in [0.29, 0.717) is 5.41 Å². The summed E-state index contributed by atoms with van der Waals surface area (Å²) in [5, 5.41) is 6.98. The quantitative estimate of drug-likeness (QED) is 0.349. The monoisotopic (exact) mass is 486 g/mol. The molecule has 0 aliphatic heterocycles. The number of likely N-dealkylation sites (N-methyl/N-ethyl adjacent to an activating group) is 1. The number of nitrogens with zero attached hydrogens (tertiary/aromatic N) is 2. The van der Waals surface area contributed by atoms with Gasteiger partial charge in [0.25, 0.3) is 0 Å². The third-order valence-electron chi connectivity index (χ3n) is 5.57. The first-order valence-corrected chi connectivity index (χ1v) is 9.76. The molecule has 1 aliphatic carbocycles. The summed E-state index contributed by atoms with van der Waals surface area (Å²) in [6.07, 6.45) is 6.35. The van der Waals surface area contributed by atoms with Gasteiger partial charge in [-0.2, -0.15) is 0 Å². The Morgan fingerprint density at radius 3 is 2.41 bits per heavy atom. The van der Waals surface area contributed by atoms with Gasteiger partial charge in [0.2, 0.25) is 5.91 Å². The Bertz CT molecular complexity index is 597. The SMILES string of the molecule is CCC1(CNC(=NCC(=O)N(C)C)NC(C)c2ccccc2)CCCC1.I. The lowest BCUT2D eigenvalue weighted by Crippen LogP contribution is -2.44. The molecule has 1 fully saturated rings. The number of rotatable bonds is 7. The second kappa shape index (κ2) is 11.5. The molecule has 0 saturated heterocycles. The molecule has 2 N–H and O–H groups in total. The Morgan fingerprint density at radius 2 is 1.85 bits per heavy atom. The van der Waals surface area contributed by atoms with Crippen LogP contribution >= 0.6 is 24.0 Å². The molecule has 1 unspecified atom stereocenters. The van der Waals surface area contributed by atoms with Crippen molar-refractivity contribution in [3.8, 4) is 0 Å². The van der Waals surface area contributed by atoms with Crippen molar-refractivity contribution in [3.05, 3.63) is 35.9 Å². The maximum Gasteiger partial charge on any atom is 0.243 e. The van der Waals surface area contributed by atoms with Gasteiger partial charge in [-0.05, 0) is 37.2 Å². The van der Waals surface area contributed by atoms with E-state index in [1.165, 1.54) is 37.7 Å². The van der Waals surface area contributed by atoms with Crippen molar-refractivity contribution in [1.29, 1.82) is 0 Å². The molecule has 2 rings (SSSR count). The average molecular weight is 486 g/mol. The lowest BCUT2D eigenvalue weighted by Gasteiger charge is -2.29. The first kappa shape index (κ1) is 23.7. The molecule has 5 nitrogen and oxygen atoms in total. The fraction of sp³-hybridized carbons (Fsp3) is 0.619. The molecule has 0 aromatic heterocycles. The van der Waals surface area contributed by atoms with E-state index < -0.39 is 0 Å². The van der Waals surface area contributed by atoms with Crippen LogP contribution < -0.4 is 10.6 Å². The average Bonchev–Trinajstić information content (AvgIpc) is 3.13. The number of carbonyl (C=O) groups excluding carboxylic acids is 1. The Hall–Kier alpha value is -1.31. The molecule has 1 aromatic carbocycles. The number of nitrogens with one attached hydrogen (secondary N) is 2. The number of amides is 1. The van der Waals surface area contributed by atoms with Crippen LogP contribution in [0.25, 0.3) is 0 Å². The standard InChI is InChI=1S/C21H34N4O.HI/c1-5-21(13-9-10-14-21)16-23-20(22-15-19(26)25(3)4)24-17(2)18-11-7-6-8-12-18;/h6-8,11-12,17H,5,9-10,13-16H2,1-4H3,(H2,22,23,24);1H. The van der Waals surface area contributed by atoms with Crippen molar-refractivity contribution in [2.45, 2.75) is 52.0 Å². The first-order chi connectivity index (χ1) is 12.5. The molecule has 0 bridgehead atoms. The van der Waals surface area contributed by atoms with Gasteiger partial charge in [0.15, 0.2) is 5.96 Å². The van der Waals surface area contributed by atoms with E-state index >= 15 is 0 Å². The summed E-state index contributed by atoms with van der Waals surface area (Å²) < 4.78 is 0. The van der Waals surface area contributed by atoms with Gasteiger partial charge in [0.05, 0.1) is 6.04 Å². The van der Waals surface area contributed by atoms with E-state index in [1.807, 2.05) is 18.2 Å². The molecular formula is C21H35IN4O. The molecule has 1 saturated carbocycles. The zero-order valence-electron chi connectivity index (χ0n) is 17.1. The molecule has 152 valence electrons. The molecule has 0 heterocycles. The Morgan fingerprint density at radius 1 is 1.22 bits per heavy atom. The number of guanidine groups is 1. The van der Waals surface area contributed by atoms with Crippen LogP contribution in [0.15, 0.2) is 35.3 Å². The van der Waals surface area contributed by atoms with Crippen LogP contribution in [-0.2, 0) is 4.79 Å². The molecular weight excluding hydrogens is 451 g/mol. The molecule has 27 heavy (non-hydrogen) atoms. The van der Waals surface area contributed by atoms with Crippen LogP contribution in [0.3, 0.4) is 0 Å². The van der Waals surface area contributed by atoms with Gasteiger partial charge in [-0.15, -0.1) is 24.0 Å². The van der Waals surface area contributed by atoms with Gasteiger partial charge < -0.3 is 15.5 Å². The number of carbonyl (C=O) groups is 1. The van der Waals surface area contributed by atoms with Crippen molar-refractivity contribution in [1.82, 2.24) is 15.5 Å². The zero-order chi connectivity index (χ0) is 19.0. The van der Waals surface area contributed by atoms with E-state index in [9.17, 15) is 4.79 Å². The van der Waals surface area contributed by atoms with E-state index in [2.05, 4.69) is 41.6 Å². The van der Waals surface area contributed by atoms with Crippen molar-refractivity contribution in [2.24, 2.45) is 10.4 Å². The Labute approximate surface area is 181 Å². The van der Waals surface area contributed by atoms with Crippen LogP contribution in [0.5, 0.6) is 0 Å². The van der Waals surface area contributed by atoms with E-state index in [4.69, 9.17) is 0 Å². The number of hydrogen-bond donors (Lipinski definition) is 2. The highest BCUT2D eigenvalue weighted by Gasteiger charge is 2.32. The highest BCUT2D eigenvalue weighted by Crippen LogP contribution is 2.40. The van der Waals surface area contributed by atoms with E-state index in [1.54, 1.807) is 19.0 Å². The topological polar surface area (TPSA) is 56.7 Å². The minimum atomic E-state index is 0. The molecule has 6 heteroatoms. The van der Waals surface area contributed by atoms with Crippen molar-refractivity contribution in [3.63, 3.8) is 0 Å². The van der Waals surface area contributed by atoms with Crippen LogP contribution in [-0.4, -0.2) is 44.0 Å². The molecule has 0 radical (unpaired) electrons. The molecule has 1 atom stereocenters. The van der Waals surface area contributed by atoms with Crippen LogP contribution in [0.2, 0.25) is 0 Å². The highest BCUT2D eigenvalue weighted by molar-refractivity contribution is 14.0. The number of halogens is 1. The fourth-order valence-corrected chi connectivity index (χ4v) is 3.52. The summed E-state index contributed by atoms with van der Waals surface area (Å²) in [6.45, 7) is 5.46. The van der Waals surface area contributed by atoms with E-state index in [-0.39, 0.29) is 42.5 Å². The summed E-state index contributed by atoms with van der Waals surface area (Å²) in [7, 11) is 3.52. The van der Waals surface area contributed by atoms with Gasteiger partial charge in [-0.1, -0.05) is 50.1 Å². The smallest absolute Gasteiger partial charge is 0.243 e. The number of benzene rings is 1. The number of aliphatic imine (C=N–C) groups is 1. The summed E-state index contributed by atoms with van der Waals surface area (Å²) in [5.74, 6) is 0.723. The third kappa shape index (κ3) is 7.31. The van der Waals surface area contributed by atoms with Gasteiger partial charge in [0.1, 0.15) is 6.54 Å². The van der Waals surface area contributed by atoms with Gasteiger partial charge in [-0.3, -0.25) is 4.79 Å².